The van der Waals surface area contributed by atoms with Crippen LogP contribution in [-0.4, -0.2) is 42.3 Å². The lowest BCUT2D eigenvalue weighted by molar-refractivity contribution is -0.154. The highest BCUT2D eigenvalue weighted by molar-refractivity contribution is 5.74. The van der Waals surface area contributed by atoms with E-state index in [-0.39, 0.29) is 5.92 Å². The van der Waals surface area contributed by atoms with Crippen molar-refractivity contribution in [2.75, 3.05) is 20.2 Å². The molecular formula is C16H23NO3. The molecule has 0 spiro atoms. The Labute approximate surface area is 120 Å². The Morgan fingerprint density at radius 3 is 2.75 bits per heavy atom. The third-order valence-electron chi connectivity index (χ3n) is 4.01. The van der Waals surface area contributed by atoms with Gasteiger partial charge in [0.1, 0.15) is 0 Å². The summed E-state index contributed by atoms with van der Waals surface area (Å²) in [5.41, 5.74) is 2.59. The maximum absolute atomic E-state index is 11.3. The van der Waals surface area contributed by atoms with Gasteiger partial charge in [0, 0.05) is 6.54 Å². The van der Waals surface area contributed by atoms with Gasteiger partial charge in [-0.05, 0) is 44.3 Å². The Morgan fingerprint density at radius 2 is 2.15 bits per heavy atom. The van der Waals surface area contributed by atoms with Gasteiger partial charge in [-0.3, -0.25) is 4.90 Å². The number of aliphatic hydroxyl groups excluding tert-OH is 1. The number of nitrogens with zero attached hydrogens (tertiary/aromatic N) is 1. The number of piperidine rings is 1. The highest BCUT2D eigenvalue weighted by Gasteiger charge is 2.30. The second kappa shape index (κ2) is 6.86. The summed E-state index contributed by atoms with van der Waals surface area (Å²) in [5, 5.41) is 9.86. The maximum atomic E-state index is 11.3. The Kier molecular flexibility index (Phi) is 5.15. The van der Waals surface area contributed by atoms with Crippen molar-refractivity contribution in [3.63, 3.8) is 0 Å². The largest absolute Gasteiger partial charge is 0.467 e. The maximum Gasteiger partial charge on any atom is 0.334 e. The normalized spacial score (nSPS) is 18.8. The molecule has 1 unspecified atom stereocenters. The summed E-state index contributed by atoms with van der Waals surface area (Å²) in [7, 11) is 1.32. The molecule has 0 radical (unpaired) electrons. The van der Waals surface area contributed by atoms with Gasteiger partial charge < -0.3 is 9.84 Å². The third kappa shape index (κ3) is 3.81. The van der Waals surface area contributed by atoms with E-state index in [1.165, 1.54) is 18.2 Å². The fourth-order valence-electron chi connectivity index (χ4n) is 2.81. The zero-order valence-corrected chi connectivity index (χ0v) is 12.2. The van der Waals surface area contributed by atoms with Gasteiger partial charge in [0.2, 0.25) is 0 Å². The number of carbonyl (C=O) groups is 1. The van der Waals surface area contributed by atoms with Crippen LogP contribution < -0.4 is 0 Å². The zero-order chi connectivity index (χ0) is 14.5. The molecule has 0 amide bonds. The topological polar surface area (TPSA) is 49.8 Å². The Bertz CT molecular complexity index is 453. The molecule has 0 bridgehead atoms. The number of benzene rings is 1. The van der Waals surface area contributed by atoms with Gasteiger partial charge in [-0.2, -0.15) is 0 Å². The summed E-state index contributed by atoms with van der Waals surface area (Å²) in [5.74, 6) is -0.488. The van der Waals surface area contributed by atoms with Crippen LogP contribution in [0.15, 0.2) is 24.3 Å². The second-order valence-corrected chi connectivity index (χ2v) is 5.57. The summed E-state index contributed by atoms with van der Waals surface area (Å²) in [4.78, 5) is 13.7. The fourth-order valence-corrected chi connectivity index (χ4v) is 2.81. The van der Waals surface area contributed by atoms with Crippen LogP contribution in [0.4, 0.5) is 0 Å². The molecule has 2 rings (SSSR count). The molecule has 110 valence electrons. The lowest BCUT2D eigenvalue weighted by atomic mass is 9.91. The van der Waals surface area contributed by atoms with Gasteiger partial charge in [-0.1, -0.05) is 29.8 Å². The van der Waals surface area contributed by atoms with E-state index < -0.39 is 12.1 Å². The van der Waals surface area contributed by atoms with Crippen LogP contribution in [0.25, 0.3) is 0 Å². The molecule has 0 saturated carbocycles. The number of methoxy groups -OCH3 is 1. The molecule has 4 heteroatoms. The van der Waals surface area contributed by atoms with E-state index in [0.717, 1.165) is 32.5 Å². The first-order chi connectivity index (χ1) is 9.60. The van der Waals surface area contributed by atoms with Crippen molar-refractivity contribution in [3.05, 3.63) is 35.4 Å². The molecule has 1 aliphatic rings. The van der Waals surface area contributed by atoms with E-state index in [2.05, 4.69) is 40.8 Å². The molecular weight excluding hydrogens is 254 g/mol. The van der Waals surface area contributed by atoms with Crippen LogP contribution in [0.5, 0.6) is 0 Å². The van der Waals surface area contributed by atoms with E-state index in [1.54, 1.807) is 0 Å². The van der Waals surface area contributed by atoms with Crippen molar-refractivity contribution in [3.8, 4) is 0 Å². The molecule has 1 fully saturated rings. The van der Waals surface area contributed by atoms with Crippen molar-refractivity contribution in [1.29, 1.82) is 0 Å². The lowest BCUT2D eigenvalue weighted by Gasteiger charge is -2.33. The summed E-state index contributed by atoms with van der Waals surface area (Å²) < 4.78 is 4.60. The standard InChI is InChI=1S/C16H23NO3/c1-12-4-3-5-13(10-12)11-17-8-6-14(7-9-17)15(18)16(19)20-2/h3-5,10,14-15,18H,6-9,11H2,1-2H3. The van der Waals surface area contributed by atoms with Gasteiger partial charge >= 0.3 is 5.97 Å². The summed E-state index contributed by atoms with van der Waals surface area (Å²) in [6, 6.07) is 8.53. The van der Waals surface area contributed by atoms with E-state index in [1.807, 2.05) is 0 Å². The number of aliphatic hydroxyl groups is 1. The first kappa shape index (κ1) is 15.0. The number of carbonyl (C=O) groups excluding carboxylic acids is 1. The molecule has 1 aromatic carbocycles. The van der Waals surface area contributed by atoms with Gasteiger partial charge in [0.05, 0.1) is 7.11 Å². The monoisotopic (exact) mass is 277 g/mol. The summed E-state index contributed by atoms with van der Waals surface area (Å²) >= 11 is 0. The summed E-state index contributed by atoms with van der Waals surface area (Å²) in [6.45, 7) is 4.85. The van der Waals surface area contributed by atoms with E-state index in [0.29, 0.717) is 0 Å². The number of ether oxygens (including phenoxy) is 1. The minimum atomic E-state index is -0.971. The fraction of sp³-hybridized carbons (Fsp3) is 0.562. The lowest BCUT2D eigenvalue weighted by Crippen LogP contribution is -2.40. The minimum Gasteiger partial charge on any atom is -0.467 e. The molecule has 4 nitrogen and oxygen atoms in total. The molecule has 1 heterocycles. The third-order valence-corrected chi connectivity index (χ3v) is 4.01. The quantitative estimate of drug-likeness (QED) is 0.852. The second-order valence-electron chi connectivity index (χ2n) is 5.57. The average molecular weight is 277 g/mol. The Hall–Kier alpha value is -1.39. The van der Waals surface area contributed by atoms with Crippen molar-refractivity contribution in [2.24, 2.45) is 5.92 Å². The van der Waals surface area contributed by atoms with Crippen molar-refractivity contribution < 1.29 is 14.6 Å². The first-order valence-corrected chi connectivity index (χ1v) is 7.14. The SMILES string of the molecule is COC(=O)C(O)C1CCN(Cc2cccc(C)c2)CC1. The van der Waals surface area contributed by atoms with E-state index in [9.17, 15) is 9.90 Å². The van der Waals surface area contributed by atoms with Crippen LogP contribution >= 0.6 is 0 Å². The predicted molar refractivity (Wildman–Crippen MR) is 77.2 cm³/mol. The van der Waals surface area contributed by atoms with Crippen LogP contribution in [0.2, 0.25) is 0 Å². The number of likely N-dealkylation sites (tertiary alicyclic amines) is 1. The molecule has 1 saturated heterocycles. The van der Waals surface area contributed by atoms with Gasteiger partial charge in [0.25, 0.3) is 0 Å². The van der Waals surface area contributed by atoms with Crippen molar-refractivity contribution in [1.82, 2.24) is 4.90 Å². The van der Waals surface area contributed by atoms with Gasteiger partial charge in [-0.15, -0.1) is 0 Å². The van der Waals surface area contributed by atoms with E-state index in [4.69, 9.17) is 0 Å². The highest BCUT2D eigenvalue weighted by atomic mass is 16.5. The van der Waals surface area contributed by atoms with Gasteiger partial charge in [0.15, 0.2) is 6.10 Å². The molecule has 1 atom stereocenters. The van der Waals surface area contributed by atoms with Crippen LogP contribution in [0.3, 0.4) is 0 Å². The Morgan fingerprint density at radius 1 is 1.45 bits per heavy atom. The van der Waals surface area contributed by atoms with E-state index >= 15 is 0 Å². The molecule has 0 aliphatic carbocycles. The smallest absolute Gasteiger partial charge is 0.334 e. The number of rotatable bonds is 4. The zero-order valence-electron chi connectivity index (χ0n) is 12.2. The molecule has 1 N–H and O–H groups in total. The molecule has 1 aliphatic heterocycles. The summed E-state index contributed by atoms with van der Waals surface area (Å²) in [6.07, 6.45) is 0.700. The Balaban J connectivity index is 1.84. The van der Waals surface area contributed by atoms with Crippen LogP contribution in [0.1, 0.15) is 24.0 Å². The van der Waals surface area contributed by atoms with Gasteiger partial charge in [-0.25, -0.2) is 4.79 Å². The predicted octanol–water partition coefficient (Wildman–Crippen LogP) is 1.74. The van der Waals surface area contributed by atoms with Crippen molar-refractivity contribution in [2.45, 2.75) is 32.4 Å². The minimum absolute atomic E-state index is 0.0243. The molecule has 1 aromatic rings. The van der Waals surface area contributed by atoms with Crippen molar-refractivity contribution >= 4 is 5.97 Å². The average Bonchev–Trinajstić information content (AvgIpc) is 2.46. The molecule has 20 heavy (non-hydrogen) atoms. The van der Waals surface area contributed by atoms with Crippen LogP contribution in [0, 0.1) is 12.8 Å². The number of esters is 1. The first-order valence-electron chi connectivity index (χ1n) is 7.14. The van der Waals surface area contributed by atoms with Crippen LogP contribution in [-0.2, 0) is 16.1 Å². The number of aryl methyl sites for hydroxylation is 1. The molecule has 0 aromatic heterocycles. The highest BCUT2D eigenvalue weighted by Crippen LogP contribution is 2.22. The number of hydrogen-bond donors (Lipinski definition) is 1. The number of hydrogen-bond acceptors (Lipinski definition) is 4.